The first kappa shape index (κ1) is 19.2. The summed E-state index contributed by atoms with van der Waals surface area (Å²) in [5.41, 5.74) is 0. The van der Waals surface area contributed by atoms with E-state index in [0.29, 0.717) is 35.7 Å². The van der Waals surface area contributed by atoms with Crippen molar-refractivity contribution in [1.29, 1.82) is 0 Å². The minimum Gasteiger partial charge on any atom is -0.490 e. The molecule has 0 spiro atoms. The summed E-state index contributed by atoms with van der Waals surface area (Å²) in [4.78, 5) is 27.7. The van der Waals surface area contributed by atoms with Crippen molar-refractivity contribution in [2.24, 2.45) is 0 Å². The van der Waals surface area contributed by atoms with Gasteiger partial charge in [-0.2, -0.15) is 0 Å². The molecule has 2 N–H and O–H groups in total. The van der Waals surface area contributed by atoms with E-state index in [1.165, 1.54) is 13.1 Å². The number of hydrogen-bond donors (Lipinski definition) is 2. The third-order valence-corrected chi connectivity index (χ3v) is 5.07. The number of thiazole rings is 1. The molecule has 0 aliphatic heterocycles. The van der Waals surface area contributed by atoms with Crippen LogP contribution in [0.2, 0.25) is 0 Å². The van der Waals surface area contributed by atoms with E-state index in [0.717, 1.165) is 29.5 Å². The van der Waals surface area contributed by atoms with Gasteiger partial charge in [0, 0.05) is 31.2 Å². The minimum atomic E-state index is -0.672. The van der Waals surface area contributed by atoms with Crippen LogP contribution in [0.4, 0.5) is 13.9 Å². The maximum atomic E-state index is 13.2. The molecule has 1 heterocycles. The molecule has 1 aliphatic carbocycles. The standard InChI is InChI=1S/C18H19F2N3O3S/c1-10(24)22-18-21-9-16(27-18)17(25)23-13-2-4-14(5-3-13)26-15-7-11(19)6-12(20)8-15/h6-9,13-14H,2-5H2,1H3,(H,23,25)(H,21,22,24). The van der Waals surface area contributed by atoms with Crippen LogP contribution in [0, 0.1) is 11.6 Å². The van der Waals surface area contributed by atoms with Crippen molar-refractivity contribution in [3.05, 3.63) is 40.9 Å². The van der Waals surface area contributed by atoms with E-state index in [1.807, 2.05) is 0 Å². The molecule has 1 aliphatic rings. The summed E-state index contributed by atoms with van der Waals surface area (Å²) in [7, 11) is 0. The summed E-state index contributed by atoms with van der Waals surface area (Å²) in [6.07, 6.45) is 4.02. The first-order valence-electron chi connectivity index (χ1n) is 8.56. The number of nitrogens with one attached hydrogen (secondary N) is 2. The van der Waals surface area contributed by atoms with Crippen molar-refractivity contribution in [2.75, 3.05) is 5.32 Å². The summed E-state index contributed by atoms with van der Waals surface area (Å²) < 4.78 is 32.1. The Balaban J connectivity index is 1.48. The normalized spacial score (nSPS) is 19.4. The molecule has 6 nitrogen and oxygen atoms in total. The molecule has 9 heteroatoms. The Morgan fingerprint density at radius 3 is 2.44 bits per heavy atom. The molecule has 1 aromatic heterocycles. The van der Waals surface area contributed by atoms with E-state index in [2.05, 4.69) is 15.6 Å². The third-order valence-electron chi connectivity index (χ3n) is 4.16. The lowest BCUT2D eigenvalue weighted by Gasteiger charge is -2.29. The van der Waals surface area contributed by atoms with Gasteiger partial charge < -0.3 is 15.4 Å². The van der Waals surface area contributed by atoms with Gasteiger partial charge in [0.1, 0.15) is 22.3 Å². The molecule has 0 atom stereocenters. The molecule has 144 valence electrons. The molecule has 2 aromatic rings. The molecule has 0 radical (unpaired) electrons. The van der Waals surface area contributed by atoms with Gasteiger partial charge in [-0.3, -0.25) is 9.59 Å². The lowest BCUT2D eigenvalue weighted by atomic mass is 9.93. The smallest absolute Gasteiger partial charge is 0.263 e. The molecular formula is C18H19F2N3O3S. The number of carbonyl (C=O) groups excluding carboxylic acids is 2. The van der Waals surface area contributed by atoms with E-state index in [9.17, 15) is 18.4 Å². The number of hydrogen-bond acceptors (Lipinski definition) is 5. The quantitative estimate of drug-likeness (QED) is 0.812. The van der Waals surface area contributed by atoms with Crippen LogP contribution in [-0.4, -0.2) is 28.9 Å². The summed E-state index contributed by atoms with van der Waals surface area (Å²) in [6, 6.07) is 3.12. The van der Waals surface area contributed by atoms with E-state index in [1.54, 1.807) is 0 Å². The zero-order chi connectivity index (χ0) is 19.4. The summed E-state index contributed by atoms with van der Waals surface area (Å²) in [6.45, 7) is 1.37. The van der Waals surface area contributed by atoms with E-state index in [-0.39, 0.29) is 29.7 Å². The number of halogens is 2. The predicted molar refractivity (Wildman–Crippen MR) is 96.9 cm³/mol. The monoisotopic (exact) mass is 395 g/mol. The Hall–Kier alpha value is -2.55. The van der Waals surface area contributed by atoms with Gasteiger partial charge in [-0.25, -0.2) is 13.8 Å². The van der Waals surface area contributed by atoms with Crippen LogP contribution in [0.5, 0.6) is 5.75 Å². The number of rotatable bonds is 5. The molecule has 1 fully saturated rings. The highest BCUT2D eigenvalue weighted by atomic mass is 32.1. The second-order valence-electron chi connectivity index (χ2n) is 6.38. The van der Waals surface area contributed by atoms with Crippen molar-refractivity contribution in [3.63, 3.8) is 0 Å². The average Bonchev–Trinajstić information content (AvgIpc) is 3.03. The lowest BCUT2D eigenvalue weighted by molar-refractivity contribution is -0.114. The molecule has 2 amide bonds. The molecular weight excluding hydrogens is 376 g/mol. The van der Waals surface area contributed by atoms with E-state index >= 15 is 0 Å². The largest absolute Gasteiger partial charge is 0.490 e. The van der Waals surface area contributed by atoms with Gasteiger partial charge in [-0.05, 0) is 25.7 Å². The van der Waals surface area contributed by atoms with Crippen molar-refractivity contribution in [1.82, 2.24) is 10.3 Å². The molecule has 1 saturated carbocycles. The molecule has 0 unspecified atom stereocenters. The summed E-state index contributed by atoms with van der Waals surface area (Å²) >= 11 is 1.11. The number of benzene rings is 1. The van der Waals surface area contributed by atoms with Gasteiger partial charge in [0.25, 0.3) is 5.91 Å². The third kappa shape index (κ3) is 5.46. The molecule has 3 rings (SSSR count). The summed E-state index contributed by atoms with van der Waals surface area (Å²) in [5, 5.41) is 5.87. The number of ether oxygens (including phenoxy) is 1. The van der Waals surface area contributed by atoms with Crippen molar-refractivity contribution >= 4 is 28.3 Å². The first-order chi connectivity index (χ1) is 12.9. The highest BCUT2D eigenvalue weighted by molar-refractivity contribution is 7.17. The second kappa shape index (κ2) is 8.43. The van der Waals surface area contributed by atoms with Gasteiger partial charge in [0.05, 0.1) is 12.3 Å². The van der Waals surface area contributed by atoms with Crippen LogP contribution in [0.1, 0.15) is 42.3 Å². The fourth-order valence-corrected chi connectivity index (χ4v) is 3.72. The fraction of sp³-hybridized carbons (Fsp3) is 0.389. The van der Waals surface area contributed by atoms with Crippen molar-refractivity contribution in [2.45, 2.75) is 44.8 Å². The number of amides is 2. The molecule has 1 aromatic carbocycles. The van der Waals surface area contributed by atoms with Crippen LogP contribution in [-0.2, 0) is 4.79 Å². The lowest BCUT2D eigenvalue weighted by Crippen LogP contribution is -2.39. The Labute approximate surface area is 158 Å². The SMILES string of the molecule is CC(=O)Nc1ncc(C(=O)NC2CCC(Oc3cc(F)cc(F)c3)CC2)s1. The Bertz CT molecular complexity index is 815. The Morgan fingerprint density at radius 2 is 1.81 bits per heavy atom. The minimum absolute atomic E-state index is 0.00656. The second-order valence-corrected chi connectivity index (χ2v) is 7.41. The highest BCUT2D eigenvalue weighted by Crippen LogP contribution is 2.26. The maximum Gasteiger partial charge on any atom is 0.263 e. The van der Waals surface area contributed by atoms with Crippen molar-refractivity contribution < 1.29 is 23.1 Å². The van der Waals surface area contributed by atoms with Gasteiger partial charge in [-0.15, -0.1) is 0 Å². The Morgan fingerprint density at radius 1 is 1.15 bits per heavy atom. The first-order valence-corrected chi connectivity index (χ1v) is 9.37. The zero-order valence-corrected chi connectivity index (χ0v) is 15.4. The van der Waals surface area contributed by atoms with Gasteiger partial charge in [-0.1, -0.05) is 11.3 Å². The summed E-state index contributed by atoms with van der Waals surface area (Å²) in [5.74, 6) is -1.65. The van der Waals surface area contributed by atoms with Crippen LogP contribution < -0.4 is 15.4 Å². The molecule has 0 saturated heterocycles. The zero-order valence-electron chi connectivity index (χ0n) is 14.6. The average molecular weight is 395 g/mol. The van der Waals surface area contributed by atoms with E-state index in [4.69, 9.17) is 4.74 Å². The van der Waals surface area contributed by atoms with Crippen LogP contribution >= 0.6 is 11.3 Å². The van der Waals surface area contributed by atoms with Gasteiger partial charge >= 0.3 is 0 Å². The predicted octanol–water partition coefficient (Wildman–Crippen LogP) is 3.50. The fourth-order valence-electron chi connectivity index (χ4n) is 2.96. The molecule has 27 heavy (non-hydrogen) atoms. The molecule has 0 bridgehead atoms. The highest BCUT2D eigenvalue weighted by Gasteiger charge is 2.25. The van der Waals surface area contributed by atoms with E-state index < -0.39 is 11.6 Å². The van der Waals surface area contributed by atoms with Crippen LogP contribution in [0.25, 0.3) is 0 Å². The number of aromatic nitrogens is 1. The van der Waals surface area contributed by atoms with Crippen LogP contribution in [0.3, 0.4) is 0 Å². The van der Waals surface area contributed by atoms with Crippen molar-refractivity contribution in [3.8, 4) is 5.75 Å². The topological polar surface area (TPSA) is 80.3 Å². The number of carbonyl (C=O) groups is 2. The number of anilines is 1. The van der Waals surface area contributed by atoms with Crippen LogP contribution in [0.15, 0.2) is 24.4 Å². The Kier molecular flexibility index (Phi) is 6.00. The number of nitrogens with zero attached hydrogens (tertiary/aromatic N) is 1. The van der Waals surface area contributed by atoms with Gasteiger partial charge in [0.2, 0.25) is 5.91 Å². The maximum absolute atomic E-state index is 13.2. The van der Waals surface area contributed by atoms with Gasteiger partial charge in [0.15, 0.2) is 5.13 Å².